The maximum absolute atomic E-state index is 14.5. The van der Waals surface area contributed by atoms with E-state index >= 15 is 0 Å². The van der Waals surface area contributed by atoms with Gasteiger partial charge in [-0.3, -0.25) is 4.90 Å². The summed E-state index contributed by atoms with van der Waals surface area (Å²) in [6.45, 7) is 4.88. The summed E-state index contributed by atoms with van der Waals surface area (Å²) in [5.74, 6) is -3.17. The van der Waals surface area contributed by atoms with Crippen molar-refractivity contribution >= 4 is 33.0 Å². The fourth-order valence-corrected chi connectivity index (χ4v) is 5.26. The van der Waals surface area contributed by atoms with Crippen LogP contribution in [0.2, 0.25) is 0 Å². The van der Waals surface area contributed by atoms with E-state index in [0.29, 0.717) is 29.2 Å². The predicted octanol–water partition coefficient (Wildman–Crippen LogP) is 4.41. The third kappa shape index (κ3) is 7.94. The van der Waals surface area contributed by atoms with E-state index in [-0.39, 0.29) is 16.6 Å². The quantitative estimate of drug-likeness (QED) is 0.390. The molecule has 14 heteroatoms. The molecular formula is C23H24F4N4O4S2. The van der Waals surface area contributed by atoms with Gasteiger partial charge in [-0.1, -0.05) is 12.1 Å². The van der Waals surface area contributed by atoms with Crippen LogP contribution in [-0.2, 0) is 33.5 Å². The molecule has 1 aliphatic rings. The lowest BCUT2D eigenvalue weighted by Gasteiger charge is -2.31. The average Bonchev–Trinajstić information content (AvgIpc) is 3.28. The van der Waals surface area contributed by atoms with E-state index in [9.17, 15) is 26.0 Å². The lowest BCUT2D eigenvalue weighted by Crippen LogP contribution is -2.36. The first-order valence-electron chi connectivity index (χ1n) is 11.0. The molecule has 3 heterocycles. The zero-order chi connectivity index (χ0) is 27.2. The number of benzene rings is 1. The number of sulfone groups is 1. The SMILES string of the molecule is Cc1nc(S(=O)(=O)Cc2ccsn2)ccc1NCc1c(F)cccc1CN1CCC1.O=C(O)C(F)(F)F. The van der Waals surface area contributed by atoms with Crippen molar-refractivity contribution in [3.8, 4) is 0 Å². The summed E-state index contributed by atoms with van der Waals surface area (Å²) >= 11 is 1.22. The number of carboxylic acids is 1. The van der Waals surface area contributed by atoms with Crippen molar-refractivity contribution in [3.63, 3.8) is 0 Å². The Hall–Kier alpha value is -3.10. The maximum Gasteiger partial charge on any atom is 0.490 e. The van der Waals surface area contributed by atoms with Crippen LogP contribution >= 0.6 is 11.5 Å². The van der Waals surface area contributed by atoms with E-state index in [1.807, 2.05) is 6.07 Å². The van der Waals surface area contributed by atoms with Crippen LogP contribution < -0.4 is 5.32 Å². The highest BCUT2D eigenvalue weighted by Gasteiger charge is 2.38. The normalized spacial score (nSPS) is 13.9. The fourth-order valence-electron chi connectivity index (χ4n) is 3.39. The number of halogens is 4. The second kappa shape index (κ2) is 12.0. The highest BCUT2D eigenvalue weighted by molar-refractivity contribution is 7.90. The Balaban J connectivity index is 0.000000479. The molecule has 2 aromatic heterocycles. The molecule has 8 nitrogen and oxygen atoms in total. The van der Waals surface area contributed by atoms with Crippen LogP contribution in [0.3, 0.4) is 0 Å². The van der Waals surface area contributed by atoms with Gasteiger partial charge < -0.3 is 10.4 Å². The Morgan fingerprint density at radius 3 is 2.43 bits per heavy atom. The first-order valence-corrected chi connectivity index (χ1v) is 13.5. The van der Waals surface area contributed by atoms with Crippen molar-refractivity contribution < 1.29 is 35.9 Å². The first-order chi connectivity index (χ1) is 17.4. The number of anilines is 1. The maximum atomic E-state index is 14.5. The number of aliphatic carboxylic acids is 1. The number of nitrogens with one attached hydrogen (secondary N) is 1. The monoisotopic (exact) mass is 560 g/mol. The summed E-state index contributed by atoms with van der Waals surface area (Å²) in [5, 5.41) is 12.1. The number of carboxylic acid groups (broad SMARTS) is 1. The highest BCUT2D eigenvalue weighted by atomic mass is 32.2. The van der Waals surface area contributed by atoms with Crippen LogP contribution in [0.15, 0.2) is 46.8 Å². The standard InChI is InChI=1S/C21H23FN4O2S2.C2HF3O2/c1-15-20(6-7-21(24-15)30(27,28)14-17-8-11-29-25-17)23-12-18-16(4-2-5-19(18)22)13-26-9-3-10-26;3-2(4,5)1(6)7/h2,4-8,11,23H,3,9-10,12-14H2,1H3;(H,6,7). The number of pyridine rings is 1. The predicted molar refractivity (Wildman–Crippen MR) is 129 cm³/mol. The molecule has 0 spiro atoms. The minimum atomic E-state index is -5.08. The Morgan fingerprint density at radius 1 is 1.19 bits per heavy atom. The van der Waals surface area contributed by atoms with Gasteiger partial charge in [-0.25, -0.2) is 22.6 Å². The lowest BCUT2D eigenvalue weighted by molar-refractivity contribution is -0.192. The van der Waals surface area contributed by atoms with Gasteiger partial charge in [0.15, 0.2) is 5.03 Å². The molecule has 0 saturated carbocycles. The highest BCUT2D eigenvalue weighted by Crippen LogP contribution is 2.23. The molecule has 1 saturated heterocycles. The number of carbonyl (C=O) groups is 1. The molecule has 1 aromatic carbocycles. The third-order valence-corrected chi connectivity index (χ3v) is 7.60. The van der Waals surface area contributed by atoms with Gasteiger partial charge in [0.25, 0.3) is 0 Å². The third-order valence-electron chi connectivity index (χ3n) is 5.46. The Kier molecular flexibility index (Phi) is 9.21. The van der Waals surface area contributed by atoms with Gasteiger partial charge in [0.1, 0.15) is 5.82 Å². The molecule has 1 aliphatic heterocycles. The second-order valence-electron chi connectivity index (χ2n) is 8.20. The molecule has 2 N–H and O–H groups in total. The van der Waals surface area contributed by atoms with Crippen molar-refractivity contribution in [2.75, 3.05) is 18.4 Å². The first kappa shape index (κ1) is 28.5. The number of aryl methyl sites for hydroxylation is 1. The van der Waals surface area contributed by atoms with Gasteiger partial charge in [0, 0.05) is 24.0 Å². The smallest absolute Gasteiger partial charge is 0.475 e. The summed E-state index contributed by atoms with van der Waals surface area (Å²) in [6, 6.07) is 10.0. The number of hydrogen-bond donors (Lipinski definition) is 2. The van der Waals surface area contributed by atoms with Crippen molar-refractivity contribution in [1.29, 1.82) is 0 Å². The van der Waals surface area contributed by atoms with Crippen LogP contribution in [0.4, 0.5) is 23.2 Å². The summed E-state index contributed by atoms with van der Waals surface area (Å²) in [4.78, 5) is 15.5. The van der Waals surface area contributed by atoms with Gasteiger partial charge in [0.2, 0.25) is 9.84 Å². The lowest BCUT2D eigenvalue weighted by atomic mass is 10.0. The van der Waals surface area contributed by atoms with Crippen molar-refractivity contribution in [2.24, 2.45) is 0 Å². The minimum Gasteiger partial charge on any atom is -0.475 e. The van der Waals surface area contributed by atoms with E-state index in [2.05, 4.69) is 19.6 Å². The fraction of sp³-hybridized carbons (Fsp3) is 0.348. The summed E-state index contributed by atoms with van der Waals surface area (Å²) in [5.41, 5.74) is 3.34. The molecular weight excluding hydrogens is 536 g/mol. The topological polar surface area (TPSA) is 112 Å². The number of hydrogen-bond acceptors (Lipinski definition) is 8. The van der Waals surface area contributed by atoms with E-state index in [1.165, 1.54) is 30.1 Å². The largest absolute Gasteiger partial charge is 0.490 e. The number of aromatic nitrogens is 2. The van der Waals surface area contributed by atoms with Crippen LogP contribution in [0, 0.1) is 12.7 Å². The van der Waals surface area contributed by atoms with Gasteiger partial charge >= 0.3 is 12.1 Å². The van der Waals surface area contributed by atoms with Crippen molar-refractivity contribution in [2.45, 2.75) is 43.4 Å². The average molecular weight is 561 g/mol. The van der Waals surface area contributed by atoms with E-state index in [1.54, 1.807) is 30.5 Å². The molecule has 1 fully saturated rings. The summed E-state index contributed by atoms with van der Waals surface area (Å²) in [7, 11) is -3.57. The van der Waals surface area contributed by atoms with Gasteiger partial charge in [-0.05, 0) is 67.8 Å². The van der Waals surface area contributed by atoms with E-state index < -0.39 is 22.0 Å². The van der Waals surface area contributed by atoms with Crippen LogP contribution in [-0.4, -0.2) is 53.0 Å². The van der Waals surface area contributed by atoms with Gasteiger partial charge in [-0.15, -0.1) is 0 Å². The number of nitrogens with zero attached hydrogens (tertiary/aromatic N) is 3. The van der Waals surface area contributed by atoms with Crippen molar-refractivity contribution in [3.05, 3.63) is 70.1 Å². The second-order valence-corrected chi connectivity index (χ2v) is 10.8. The molecule has 0 aliphatic carbocycles. The van der Waals surface area contributed by atoms with Crippen LogP contribution in [0.1, 0.15) is 28.9 Å². The Labute approximate surface area is 215 Å². The molecule has 3 aromatic rings. The number of rotatable bonds is 8. The number of likely N-dealkylation sites (tertiary alicyclic amines) is 1. The van der Waals surface area contributed by atoms with Gasteiger partial charge in [0.05, 0.1) is 22.8 Å². The molecule has 4 rings (SSSR count). The summed E-state index contributed by atoms with van der Waals surface area (Å²) < 4.78 is 75.5. The van der Waals surface area contributed by atoms with Crippen LogP contribution in [0.5, 0.6) is 0 Å². The minimum absolute atomic E-state index is 0.0166. The van der Waals surface area contributed by atoms with E-state index in [4.69, 9.17) is 9.90 Å². The Bertz CT molecular complexity index is 1330. The zero-order valence-electron chi connectivity index (χ0n) is 19.6. The molecule has 0 radical (unpaired) electrons. The molecule has 0 unspecified atom stereocenters. The van der Waals surface area contributed by atoms with Crippen molar-refractivity contribution in [1.82, 2.24) is 14.3 Å². The van der Waals surface area contributed by atoms with E-state index in [0.717, 1.165) is 25.2 Å². The molecule has 0 amide bonds. The van der Waals surface area contributed by atoms with Gasteiger partial charge in [-0.2, -0.15) is 17.5 Å². The summed E-state index contributed by atoms with van der Waals surface area (Å²) in [6.07, 6.45) is -3.90. The molecule has 0 atom stereocenters. The van der Waals surface area contributed by atoms with Crippen LogP contribution in [0.25, 0.3) is 0 Å². The number of alkyl halides is 3. The zero-order valence-corrected chi connectivity index (χ0v) is 21.3. The molecule has 0 bridgehead atoms. The Morgan fingerprint density at radius 2 is 1.89 bits per heavy atom. The molecule has 37 heavy (non-hydrogen) atoms. The molecule has 200 valence electrons.